The highest BCUT2D eigenvalue weighted by atomic mass is 79.9. The summed E-state index contributed by atoms with van der Waals surface area (Å²) >= 11 is 4.30. The highest BCUT2D eigenvalue weighted by molar-refractivity contribution is 9.09. The molecule has 0 aromatic heterocycles. The van der Waals surface area contributed by atoms with Gasteiger partial charge in [-0.2, -0.15) is 10.5 Å². The standard InChI is InChI=1S/C7H10FN3S.C6H7BrFN.BrH/c8-5-3-7(5,1-2-9)4-12-6(10)11;7-4-6(1-2-9)3-5(6)8;/h5H,1,3-4H2,(H3,10,11);5H,1,3-4H2;1H. The number of rotatable bonds is 5. The Morgan fingerprint density at radius 3 is 1.86 bits per heavy atom. The van der Waals surface area contributed by atoms with Crippen LogP contribution in [0.5, 0.6) is 0 Å². The number of hydrogen-bond acceptors (Lipinski definition) is 4. The lowest BCUT2D eigenvalue weighted by Gasteiger charge is -2.08. The maximum absolute atomic E-state index is 12.8. The van der Waals surface area contributed by atoms with Gasteiger partial charge in [0.15, 0.2) is 5.17 Å². The van der Waals surface area contributed by atoms with Gasteiger partial charge < -0.3 is 5.73 Å². The highest BCUT2D eigenvalue weighted by Gasteiger charge is 2.55. The van der Waals surface area contributed by atoms with Crippen molar-refractivity contribution in [2.45, 2.75) is 38.0 Å². The summed E-state index contributed by atoms with van der Waals surface area (Å²) in [5, 5.41) is 24.2. The van der Waals surface area contributed by atoms with Gasteiger partial charge in [-0.25, -0.2) is 8.78 Å². The highest BCUT2D eigenvalue weighted by Crippen LogP contribution is 2.53. The Balaban J connectivity index is 0.000000397. The molecule has 0 amide bonds. The molecule has 0 saturated heterocycles. The fourth-order valence-corrected chi connectivity index (χ4v) is 3.51. The minimum absolute atomic E-state index is 0. The molecule has 0 radical (unpaired) electrons. The normalized spacial score (nSPS) is 34.0. The predicted molar refractivity (Wildman–Crippen MR) is 92.8 cm³/mol. The largest absolute Gasteiger partial charge is 0.379 e. The molecular formula is C13H18Br2F2N4S. The average molecular weight is 460 g/mol. The minimum Gasteiger partial charge on any atom is -0.379 e. The summed E-state index contributed by atoms with van der Waals surface area (Å²) in [6, 6.07) is 3.94. The van der Waals surface area contributed by atoms with Crippen LogP contribution in [-0.2, 0) is 0 Å². The second kappa shape index (κ2) is 9.05. The number of amidine groups is 1. The second-order valence-electron chi connectivity index (χ2n) is 5.52. The molecule has 124 valence electrons. The van der Waals surface area contributed by atoms with Gasteiger partial charge in [0.2, 0.25) is 0 Å². The Morgan fingerprint density at radius 2 is 1.64 bits per heavy atom. The zero-order chi connectivity index (χ0) is 16.1. The number of nitriles is 2. The van der Waals surface area contributed by atoms with Crippen molar-refractivity contribution in [2.24, 2.45) is 16.6 Å². The molecule has 4 nitrogen and oxygen atoms in total. The molecule has 0 aromatic rings. The number of nitrogens with one attached hydrogen (secondary N) is 1. The van der Waals surface area contributed by atoms with Crippen LogP contribution in [0.2, 0.25) is 0 Å². The molecule has 2 saturated carbocycles. The summed E-state index contributed by atoms with van der Waals surface area (Å²) in [5.74, 6) is 0.455. The van der Waals surface area contributed by atoms with E-state index in [-0.39, 0.29) is 34.0 Å². The average Bonchev–Trinajstić information content (AvgIpc) is 3.27. The molecule has 0 bridgehead atoms. The lowest BCUT2D eigenvalue weighted by atomic mass is 10.1. The quantitative estimate of drug-likeness (QED) is 0.370. The van der Waals surface area contributed by atoms with Crippen LogP contribution in [0.1, 0.15) is 25.7 Å². The van der Waals surface area contributed by atoms with Gasteiger partial charge in [0.05, 0.1) is 12.1 Å². The van der Waals surface area contributed by atoms with Crippen LogP contribution >= 0.6 is 44.7 Å². The van der Waals surface area contributed by atoms with Crippen LogP contribution in [-0.4, -0.2) is 28.6 Å². The SMILES string of the molecule is Br.N#CCC1(CBr)CC1F.N#CCC1(CSC(=N)N)CC1F. The summed E-state index contributed by atoms with van der Waals surface area (Å²) in [6.45, 7) is 0. The number of nitrogens with two attached hydrogens (primary N) is 1. The monoisotopic (exact) mass is 458 g/mol. The third-order valence-corrected chi connectivity index (χ3v) is 5.97. The summed E-state index contributed by atoms with van der Waals surface area (Å²) in [5.41, 5.74) is 4.30. The van der Waals surface area contributed by atoms with Crippen molar-refractivity contribution in [1.29, 1.82) is 15.9 Å². The third-order valence-electron chi connectivity index (χ3n) is 3.82. The number of thioether (sulfide) groups is 1. The molecule has 0 spiro atoms. The van der Waals surface area contributed by atoms with E-state index in [4.69, 9.17) is 21.7 Å². The van der Waals surface area contributed by atoms with E-state index in [1.54, 1.807) is 0 Å². The maximum atomic E-state index is 12.8. The second-order valence-corrected chi connectivity index (χ2v) is 7.10. The van der Waals surface area contributed by atoms with Gasteiger partial charge in [0, 0.05) is 34.8 Å². The van der Waals surface area contributed by atoms with E-state index < -0.39 is 17.8 Å². The Hall–Kier alpha value is -0.380. The van der Waals surface area contributed by atoms with Crippen LogP contribution in [0, 0.1) is 38.9 Å². The van der Waals surface area contributed by atoms with E-state index in [1.165, 1.54) is 0 Å². The molecule has 0 heterocycles. The smallest absolute Gasteiger partial charge is 0.151 e. The van der Waals surface area contributed by atoms with Gasteiger partial charge in [-0.15, -0.1) is 17.0 Å². The molecule has 9 heteroatoms. The summed E-state index contributed by atoms with van der Waals surface area (Å²) in [6.07, 6.45) is -0.0268. The summed E-state index contributed by atoms with van der Waals surface area (Å²) < 4.78 is 25.2. The summed E-state index contributed by atoms with van der Waals surface area (Å²) in [7, 11) is 0. The van der Waals surface area contributed by atoms with E-state index in [2.05, 4.69) is 15.9 Å². The van der Waals surface area contributed by atoms with Crippen LogP contribution in [0.15, 0.2) is 0 Å². The Kier molecular flexibility index (Phi) is 8.89. The van der Waals surface area contributed by atoms with Crippen LogP contribution in [0.3, 0.4) is 0 Å². The fraction of sp³-hybridized carbons (Fsp3) is 0.769. The lowest BCUT2D eigenvalue weighted by molar-refractivity contribution is 0.387. The number of alkyl halides is 3. The van der Waals surface area contributed by atoms with Gasteiger partial charge in [0.25, 0.3) is 0 Å². The van der Waals surface area contributed by atoms with E-state index in [1.807, 2.05) is 12.1 Å². The van der Waals surface area contributed by atoms with Gasteiger partial charge in [-0.3, -0.25) is 5.41 Å². The molecular weight excluding hydrogens is 442 g/mol. The Bertz CT molecular complexity index is 478. The first-order valence-corrected chi connectivity index (χ1v) is 8.51. The molecule has 2 rings (SSSR count). The number of hydrogen-bond donors (Lipinski definition) is 2. The van der Waals surface area contributed by atoms with E-state index in [0.717, 1.165) is 11.8 Å². The van der Waals surface area contributed by atoms with Crippen molar-refractivity contribution in [3.63, 3.8) is 0 Å². The van der Waals surface area contributed by atoms with Gasteiger partial charge in [-0.05, 0) is 12.8 Å². The first-order valence-electron chi connectivity index (χ1n) is 6.40. The Labute approximate surface area is 152 Å². The van der Waals surface area contributed by atoms with Crippen molar-refractivity contribution in [3.8, 4) is 12.1 Å². The van der Waals surface area contributed by atoms with E-state index in [0.29, 0.717) is 30.3 Å². The molecule has 0 aromatic carbocycles. The number of nitrogens with zero attached hydrogens (tertiary/aromatic N) is 2. The molecule has 4 atom stereocenters. The first kappa shape index (κ1) is 21.6. The summed E-state index contributed by atoms with van der Waals surface area (Å²) in [4.78, 5) is 0. The van der Waals surface area contributed by atoms with Crippen molar-refractivity contribution < 1.29 is 8.78 Å². The molecule has 3 N–H and O–H groups in total. The van der Waals surface area contributed by atoms with Crippen LogP contribution in [0.25, 0.3) is 0 Å². The molecule has 2 aliphatic carbocycles. The number of halogens is 4. The zero-order valence-electron chi connectivity index (χ0n) is 11.8. The van der Waals surface area contributed by atoms with Gasteiger partial charge in [-0.1, -0.05) is 27.7 Å². The zero-order valence-corrected chi connectivity index (χ0v) is 15.9. The maximum Gasteiger partial charge on any atom is 0.151 e. The molecule has 4 unspecified atom stereocenters. The van der Waals surface area contributed by atoms with Crippen LogP contribution < -0.4 is 5.73 Å². The Morgan fingerprint density at radius 1 is 1.23 bits per heavy atom. The van der Waals surface area contributed by atoms with E-state index >= 15 is 0 Å². The van der Waals surface area contributed by atoms with E-state index in [9.17, 15) is 8.78 Å². The third kappa shape index (κ3) is 5.68. The van der Waals surface area contributed by atoms with Crippen molar-refractivity contribution in [1.82, 2.24) is 0 Å². The van der Waals surface area contributed by atoms with Crippen molar-refractivity contribution in [3.05, 3.63) is 0 Å². The fourth-order valence-electron chi connectivity index (χ4n) is 1.88. The molecule has 22 heavy (non-hydrogen) atoms. The predicted octanol–water partition coefficient (Wildman–Crippen LogP) is 3.86. The topological polar surface area (TPSA) is 97.5 Å². The van der Waals surface area contributed by atoms with Gasteiger partial charge >= 0.3 is 0 Å². The van der Waals surface area contributed by atoms with Crippen molar-refractivity contribution >= 4 is 49.8 Å². The van der Waals surface area contributed by atoms with Crippen molar-refractivity contribution in [2.75, 3.05) is 11.1 Å². The molecule has 2 aliphatic rings. The lowest BCUT2D eigenvalue weighted by Crippen LogP contribution is -2.13. The molecule has 0 aliphatic heterocycles. The molecule has 2 fully saturated rings. The minimum atomic E-state index is -0.871. The van der Waals surface area contributed by atoms with Gasteiger partial charge in [0.1, 0.15) is 12.3 Å². The first-order chi connectivity index (χ1) is 9.85. The van der Waals surface area contributed by atoms with Crippen LogP contribution in [0.4, 0.5) is 8.78 Å².